The Kier molecular flexibility index (Phi) is 7.79. The molecule has 3 aromatic rings. The lowest BCUT2D eigenvalue weighted by Gasteiger charge is -2.17. The van der Waals surface area contributed by atoms with Crippen molar-refractivity contribution in [3.8, 4) is 6.07 Å². The third kappa shape index (κ3) is 6.28. The van der Waals surface area contributed by atoms with Gasteiger partial charge in [-0.2, -0.15) is 13.7 Å². The van der Waals surface area contributed by atoms with Crippen molar-refractivity contribution in [2.45, 2.75) is 18.4 Å². The summed E-state index contributed by atoms with van der Waals surface area (Å²) in [6, 6.07) is 21.1. The molecule has 1 N–H and O–H groups in total. The highest BCUT2D eigenvalue weighted by atomic mass is 32.2. The van der Waals surface area contributed by atoms with Crippen LogP contribution in [0.5, 0.6) is 0 Å². The second-order valence-electron chi connectivity index (χ2n) is 7.60. The van der Waals surface area contributed by atoms with E-state index in [1.807, 2.05) is 25.1 Å². The van der Waals surface area contributed by atoms with E-state index in [1.165, 1.54) is 42.3 Å². The van der Waals surface area contributed by atoms with Gasteiger partial charge in [-0.15, -0.1) is 0 Å². The summed E-state index contributed by atoms with van der Waals surface area (Å²) in [5, 5.41) is 11.8. The Morgan fingerprint density at radius 2 is 1.65 bits per heavy atom. The van der Waals surface area contributed by atoms with Gasteiger partial charge in [0.15, 0.2) is 0 Å². The van der Waals surface area contributed by atoms with E-state index in [0.29, 0.717) is 16.8 Å². The van der Waals surface area contributed by atoms with Gasteiger partial charge < -0.3 is 10.2 Å². The summed E-state index contributed by atoms with van der Waals surface area (Å²) in [4.78, 5) is 26.0. The van der Waals surface area contributed by atoms with Gasteiger partial charge in [0.1, 0.15) is 11.0 Å². The van der Waals surface area contributed by atoms with Crippen molar-refractivity contribution in [2.24, 2.45) is 0 Å². The lowest BCUT2D eigenvalue weighted by molar-refractivity contribution is -0.116. The number of benzene rings is 3. The molecule has 0 saturated heterocycles. The number of nitrogens with zero attached hydrogens (tertiary/aromatic N) is 2. The Hall–Kier alpha value is -4.00. The monoisotopic (exact) mass is 477 g/mol. The largest absolute Gasteiger partial charge is 0.332 e. The third-order valence-electron chi connectivity index (χ3n) is 4.92. The number of hydrogen-bond donors (Lipinski definition) is 1. The van der Waals surface area contributed by atoms with E-state index < -0.39 is 10.1 Å². The topological polar surface area (TPSA) is 117 Å². The number of carbonyl (C=O) groups excluding carboxylic acids is 2. The van der Waals surface area contributed by atoms with Crippen molar-refractivity contribution in [1.82, 2.24) is 4.90 Å². The van der Waals surface area contributed by atoms with Crippen LogP contribution in [0, 0.1) is 18.3 Å². The maximum absolute atomic E-state index is 12.6. The van der Waals surface area contributed by atoms with Crippen LogP contribution in [0.3, 0.4) is 0 Å². The molecular formula is C25H23N3O5S. The molecule has 174 valence electrons. The summed E-state index contributed by atoms with van der Waals surface area (Å²) in [6.45, 7) is 1.56. The lowest BCUT2D eigenvalue weighted by atomic mass is 10.1. The van der Waals surface area contributed by atoms with E-state index in [4.69, 9.17) is 9.44 Å². The van der Waals surface area contributed by atoms with Crippen LogP contribution in [0.4, 0.5) is 5.69 Å². The maximum Gasteiger partial charge on any atom is 0.298 e. The second kappa shape index (κ2) is 10.7. The minimum Gasteiger partial charge on any atom is -0.332 e. The van der Waals surface area contributed by atoms with Gasteiger partial charge in [-0.1, -0.05) is 42.0 Å². The van der Waals surface area contributed by atoms with E-state index in [1.54, 1.807) is 30.3 Å². The van der Waals surface area contributed by atoms with Crippen molar-refractivity contribution in [3.05, 3.63) is 95.1 Å². The molecule has 2 amide bonds. The number of aryl methyl sites for hydroxylation is 1. The molecule has 0 fully saturated rings. The summed E-state index contributed by atoms with van der Waals surface area (Å²) in [5.41, 5.74) is 2.58. The van der Waals surface area contributed by atoms with Crippen LogP contribution in [0.15, 0.2) is 77.7 Å². The lowest BCUT2D eigenvalue weighted by Crippen LogP contribution is -2.34. The number of rotatable bonds is 8. The number of hydrogen-bond acceptors (Lipinski definition) is 6. The number of anilines is 1. The molecule has 34 heavy (non-hydrogen) atoms. The van der Waals surface area contributed by atoms with Crippen LogP contribution in [-0.2, 0) is 25.7 Å². The number of carbonyl (C=O) groups is 2. The van der Waals surface area contributed by atoms with Crippen LogP contribution in [-0.4, -0.2) is 38.7 Å². The van der Waals surface area contributed by atoms with Crippen molar-refractivity contribution < 1.29 is 22.2 Å². The predicted octanol–water partition coefficient (Wildman–Crippen LogP) is 3.48. The molecule has 9 heteroatoms. The first kappa shape index (κ1) is 24.6. The highest BCUT2D eigenvalue weighted by molar-refractivity contribution is 7.86. The van der Waals surface area contributed by atoms with Crippen LogP contribution in [0.2, 0.25) is 0 Å². The molecule has 0 aliphatic heterocycles. The Morgan fingerprint density at radius 3 is 2.29 bits per heavy atom. The van der Waals surface area contributed by atoms with Gasteiger partial charge in [0, 0.05) is 18.3 Å². The molecule has 0 unspecified atom stereocenters. The highest BCUT2D eigenvalue weighted by Crippen LogP contribution is 2.19. The Labute approximate surface area is 198 Å². The number of likely N-dealkylation sites (N-methyl/N-ethyl adjacent to an activating group) is 1. The normalized spacial score (nSPS) is 10.9. The van der Waals surface area contributed by atoms with E-state index in [0.717, 1.165) is 5.56 Å². The van der Waals surface area contributed by atoms with E-state index in [9.17, 15) is 18.0 Å². The summed E-state index contributed by atoms with van der Waals surface area (Å²) in [5.74, 6) is -0.685. The van der Waals surface area contributed by atoms with Crippen molar-refractivity contribution in [3.63, 3.8) is 0 Å². The minimum atomic E-state index is -4.13. The summed E-state index contributed by atoms with van der Waals surface area (Å²) >= 11 is 0. The maximum atomic E-state index is 12.6. The molecule has 8 nitrogen and oxygen atoms in total. The van der Waals surface area contributed by atoms with Crippen molar-refractivity contribution >= 4 is 27.6 Å². The fourth-order valence-corrected chi connectivity index (χ4v) is 4.12. The average molecular weight is 478 g/mol. The smallest absolute Gasteiger partial charge is 0.298 e. The van der Waals surface area contributed by atoms with Gasteiger partial charge in [-0.25, -0.2) is 0 Å². The first-order valence-electron chi connectivity index (χ1n) is 10.3. The molecule has 0 aliphatic carbocycles. The van der Waals surface area contributed by atoms with Crippen LogP contribution in [0.25, 0.3) is 0 Å². The van der Waals surface area contributed by atoms with Gasteiger partial charge in [-0.3, -0.25) is 13.8 Å². The molecule has 0 aromatic heterocycles. The summed E-state index contributed by atoms with van der Waals surface area (Å²) in [7, 11) is -2.60. The fraction of sp³-hybridized carbons (Fsp3) is 0.160. The zero-order chi connectivity index (χ0) is 24.7. The SMILES string of the molecule is Cc1ccc(NC(=O)CN(C)C(=O)c2ccc(COS(=O)(=O)c3ccccc3C#N)cc2)cc1. The van der Waals surface area contributed by atoms with Gasteiger partial charge in [-0.05, 0) is 48.9 Å². The van der Waals surface area contributed by atoms with Crippen LogP contribution < -0.4 is 5.32 Å². The van der Waals surface area contributed by atoms with Gasteiger partial charge in [0.25, 0.3) is 16.0 Å². The van der Waals surface area contributed by atoms with Crippen LogP contribution in [0.1, 0.15) is 27.0 Å². The first-order valence-corrected chi connectivity index (χ1v) is 11.7. The van der Waals surface area contributed by atoms with E-state index >= 15 is 0 Å². The number of amides is 2. The molecule has 0 bridgehead atoms. The minimum absolute atomic E-state index is 0.00195. The average Bonchev–Trinajstić information content (AvgIpc) is 2.84. The number of nitrogens with one attached hydrogen (secondary N) is 1. The van der Waals surface area contributed by atoms with Crippen molar-refractivity contribution in [1.29, 1.82) is 5.26 Å². The van der Waals surface area contributed by atoms with E-state index in [2.05, 4.69) is 5.32 Å². The fourth-order valence-electron chi connectivity index (χ4n) is 3.07. The molecule has 0 aliphatic rings. The first-order chi connectivity index (χ1) is 16.2. The molecule has 3 rings (SSSR count). The highest BCUT2D eigenvalue weighted by Gasteiger charge is 2.20. The zero-order valence-electron chi connectivity index (χ0n) is 18.7. The molecule has 0 spiro atoms. The molecular weight excluding hydrogens is 454 g/mol. The summed E-state index contributed by atoms with van der Waals surface area (Å²) < 4.78 is 29.9. The Morgan fingerprint density at radius 1 is 1.00 bits per heavy atom. The van der Waals surface area contributed by atoms with Gasteiger partial charge in [0.2, 0.25) is 5.91 Å². The molecule has 0 atom stereocenters. The van der Waals surface area contributed by atoms with E-state index in [-0.39, 0.29) is 35.4 Å². The predicted molar refractivity (Wildman–Crippen MR) is 126 cm³/mol. The third-order valence-corrected chi connectivity index (χ3v) is 6.24. The Bertz CT molecular complexity index is 1330. The van der Waals surface area contributed by atoms with Crippen LogP contribution >= 0.6 is 0 Å². The molecule has 3 aromatic carbocycles. The standard InChI is InChI=1S/C25H23N3O5S/c1-18-7-13-22(14-8-18)27-24(29)16-28(2)25(30)20-11-9-19(10-12-20)17-33-34(31,32)23-6-4-3-5-21(23)15-26/h3-14H,16-17H2,1-2H3,(H,27,29). The second-order valence-corrected chi connectivity index (χ2v) is 9.18. The van der Waals surface area contributed by atoms with Gasteiger partial charge >= 0.3 is 0 Å². The quantitative estimate of drug-likeness (QED) is 0.497. The Balaban J connectivity index is 1.58. The molecule has 0 heterocycles. The molecule has 0 saturated carbocycles. The molecule has 0 radical (unpaired) electrons. The zero-order valence-corrected chi connectivity index (χ0v) is 19.5. The van der Waals surface area contributed by atoms with Gasteiger partial charge in [0.05, 0.1) is 18.7 Å². The van der Waals surface area contributed by atoms with Crippen molar-refractivity contribution in [2.75, 3.05) is 18.9 Å². The number of nitriles is 1. The summed E-state index contributed by atoms with van der Waals surface area (Å²) in [6.07, 6.45) is 0.